The third-order valence-corrected chi connectivity index (χ3v) is 5.19. The number of aliphatic imine (C=N–C) groups is 1. The summed E-state index contributed by atoms with van der Waals surface area (Å²) in [5, 5.41) is 3.39. The number of carbonyl (C=O) groups is 1. The summed E-state index contributed by atoms with van der Waals surface area (Å²) in [6.45, 7) is 6.71. The van der Waals surface area contributed by atoms with E-state index in [0.717, 1.165) is 18.1 Å². The number of amides is 1. The summed E-state index contributed by atoms with van der Waals surface area (Å²) >= 11 is 0. The molecule has 3 rings (SSSR count). The van der Waals surface area contributed by atoms with E-state index in [1.165, 1.54) is 5.56 Å². The van der Waals surface area contributed by atoms with Crippen molar-refractivity contribution in [2.75, 3.05) is 27.2 Å². The molecule has 2 unspecified atom stereocenters. The number of carbonyl (C=O) groups excluding carboxylic acids is 1. The van der Waals surface area contributed by atoms with Gasteiger partial charge < -0.3 is 19.9 Å². The molecule has 0 radical (unpaired) electrons. The van der Waals surface area contributed by atoms with Gasteiger partial charge in [0.2, 0.25) is 0 Å². The Morgan fingerprint density at radius 1 is 1.07 bits per heavy atom. The van der Waals surface area contributed by atoms with E-state index in [0.29, 0.717) is 25.2 Å². The number of ether oxygens (including phenoxy) is 1. The molecule has 1 N–H and O–H groups in total. The van der Waals surface area contributed by atoms with Gasteiger partial charge in [0.1, 0.15) is 0 Å². The van der Waals surface area contributed by atoms with Crippen molar-refractivity contribution in [1.29, 1.82) is 0 Å². The maximum Gasteiger partial charge on any atom is 0.254 e. The van der Waals surface area contributed by atoms with E-state index in [4.69, 9.17) is 4.74 Å². The molecule has 0 spiro atoms. The van der Waals surface area contributed by atoms with Gasteiger partial charge in [-0.1, -0.05) is 42.5 Å². The van der Waals surface area contributed by atoms with Crippen molar-refractivity contribution in [1.82, 2.24) is 15.1 Å². The van der Waals surface area contributed by atoms with Crippen LogP contribution < -0.4 is 5.32 Å². The van der Waals surface area contributed by atoms with Crippen LogP contribution in [0.2, 0.25) is 0 Å². The second-order valence-electron chi connectivity index (χ2n) is 7.91. The lowest BCUT2D eigenvalue weighted by Gasteiger charge is -2.35. The minimum absolute atomic E-state index is 0.0647. The minimum atomic E-state index is 0.0647. The average molecular weight is 409 g/mol. The fourth-order valence-electron chi connectivity index (χ4n) is 3.79. The highest BCUT2D eigenvalue weighted by atomic mass is 16.5. The number of guanidine groups is 1. The van der Waals surface area contributed by atoms with Crippen molar-refractivity contribution < 1.29 is 9.53 Å². The van der Waals surface area contributed by atoms with E-state index in [9.17, 15) is 4.79 Å². The first kappa shape index (κ1) is 21.8. The van der Waals surface area contributed by atoms with Crippen LogP contribution in [0.5, 0.6) is 0 Å². The molecule has 1 amide bonds. The molecule has 1 fully saturated rings. The third-order valence-electron chi connectivity index (χ3n) is 5.19. The molecule has 0 bridgehead atoms. The minimum Gasteiger partial charge on any atom is -0.372 e. The molecule has 2 aromatic carbocycles. The van der Waals surface area contributed by atoms with Crippen LogP contribution in [0.3, 0.4) is 0 Å². The van der Waals surface area contributed by atoms with Crippen LogP contribution in [0, 0.1) is 0 Å². The van der Waals surface area contributed by atoms with Crippen molar-refractivity contribution in [3.8, 4) is 0 Å². The number of morpholine rings is 1. The number of hydrogen-bond donors (Lipinski definition) is 1. The number of nitrogens with zero attached hydrogens (tertiary/aromatic N) is 3. The zero-order valence-corrected chi connectivity index (χ0v) is 18.3. The fourth-order valence-corrected chi connectivity index (χ4v) is 3.79. The van der Waals surface area contributed by atoms with Crippen LogP contribution in [0.15, 0.2) is 59.6 Å². The Bertz CT molecular complexity index is 841. The number of nitrogens with one attached hydrogen (secondary N) is 1. The number of rotatable bonds is 5. The summed E-state index contributed by atoms with van der Waals surface area (Å²) in [5.74, 6) is 0.894. The first-order chi connectivity index (χ1) is 14.5. The predicted octanol–water partition coefficient (Wildman–Crippen LogP) is 3.14. The fraction of sp³-hybridized carbons (Fsp3) is 0.417. The average Bonchev–Trinajstić information content (AvgIpc) is 2.74. The molecule has 6 nitrogen and oxygen atoms in total. The molecule has 1 heterocycles. The molecule has 1 aliphatic heterocycles. The van der Waals surface area contributed by atoms with Gasteiger partial charge in [-0.2, -0.15) is 0 Å². The van der Waals surface area contributed by atoms with E-state index < -0.39 is 0 Å². The zero-order chi connectivity index (χ0) is 21.5. The van der Waals surface area contributed by atoms with Crippen molar-refractivity contribution in [2.45, 2.75) is 39.1 Å². The number of hydrogen-bond acceptors (Lipinski definition) is 3. The van der Waals surface area contributed by atoms with E-state index in [2.05, 4.69) is 27.3 Å². The maximum atomic E-state index is 12.8. The molecular weight excluding hydrogens is 376 g/mol. The van der Waals surface area contributed by atoms with Gasteiger partial charge in [-0.3, -0.25) is 9.79 Å². The van der Waals surface area contributed by atoms with E-state index >= 15 is 0 Å². The molecule has 0 saturated carbocycles. The molecule has 1 saturated heterocycles. The molecule has 2 atom stereocenters. The zero-order valence-electron chi connectivity index (χ0n) is 18.3. The first-order valence-corrected chi connectivity index (χ1v) is 10.5. The highest BCUT2D eigenvalue weighted by molar-refractivity contribution is 5.94. The predicted molar refractivity (Wildman–Crippen MR) is 120 cm³/mol. The highest BCUT2D eigenvalue weighted by Gasteiger charge is 2.26. The van der Waals surface area contributed by atoms with Gasteiger partial charge in [-0.15, -0.1) is 0 Å². The summed E-state index contributed by atoms with van der Waals surface area (Å²) in [7, 11) is 3.81. The molecule has 1 aliphatic rings. The van der Waals surface area contributed by atoms with Crippen LogP contribution in [0.25, 0.3) is 0 Å². The first-order valence-electron chi connectivity index (χ1n) is 10.5. The second-order valence-corrected chi connectivity index (χ2v) is 7.91. The van der Waals surface area contributed by atoms with Gasteiger partial charge >= 0.3 is 0 Å². The van der Waals surface area contributed by atoms with Gasteiger partial charge in [0.15, 0.2) is 5.96 Å². The Kier molecular flexibility index (Phi) is 7.46. The second kappa shape index (κ2) is 10.3. The summed E-state index contributed by atoms with van der Waals surface area (Å²) < 4.78 is 5.73. The molecule has 2 aromatic rings. The van der Waals surface area contributed by atoms with Gasteiger partial charge in [-0.25, -0.2) is 0 Å². The van der Waals surface area contributed by atoms with Crippen molar-refractivity contribution in [3.05, 3.63) is 71.3 Å². The Hall–Kier alpha value is -2.86. The van der Waals surface area contributed by atoms with Crippen LogP contribution in [0.1, 0.15) is 35.3 Å². The smallest absolute Gasteiger partial charge is 0.254 e. The Balaban J connectivity index is 1.55. The van der Waals surface area contributed by atoms with E-state index in [-0.39, 0.29) is 18.1 Å². The molecule has 30 heavy (non-hydrogen) atoms. The monoisotopic (exact) mass is 408 g/mol. The summed E-state index contributed by atoms with van der Waals surface area (Å²) in [6, 6.07) is 18.1. The van der Waals surface area contributed by atoms with Crippen molar-refractivity contribution in [2.24, 2.45) is 4.99 Å². The summed E-state index contributed by atoms with van der Waals surface area (Å²) in [5.41, 5.74) is 3.05. The standard InChI is InChI=1S/C24H32N4O2/c1-18-15-28(16-19(2)30-18)23(29)22-12-10-20(11-13-22)14-26-24(25-3)27(4)17-21-8-6-5-7-9-21/h5-13,18-19H,14-17H2,1-4H3,(H,25,26). The normalized spacial score (nSPS) is 19.5. The lowest BCUT2D eigenvalue weighted by atomic mass is 10.1. The topological polar surface area (TPSA) is 57.2 Å². The van der Waals surface area contributed by atoms with Gasteiger partial charge in [0.25, 0.3) is 5.91 Å². The summed E-state index contributed by atoms with van der Waals surface area (Å²) in [6.07, 6.45) is 0.140. The molecule has 160 valence electrons. The molecule has 6 heteroatoms. The highest BCUT2D eigenvalue weighted by Crippen LogP contribution is 2.15. The van der Waals surface area contributed by atoms with Crippen LogP contribution in [-0.2, 0) is 17.8 Å². The van der Waals surface area contributed by atoms with E-state index in [1.807, 2.05) is 68.3 Å². The Morgan fingerprint density at radius 3 is 2.30 bits per heavy atom. The van der Waals surface area contributed by atoms with Crippen LogP contribution in [-0.4, -0.2) is 61.1 Å². The molecule has 0 aromatic heterocycles. The van der Waals surface area contributed by atoms with Gasteiger partial charge in [-0.05, 0) is 37.1 Å². The Morgan fingerprint density at radius 2 is 1.70 bits per heavy atom. The van der Waals surface area contributed by atoms with Crippen molar-refractivity contribution >= 4 is 11.9 Å². The molecule has 0 aliphatic carbocycles. The SMILES string of the molecule is CN=C(NCc1ccc(C(=O)N2CC(C)OC(C)C2)cc1)N(C)Cc1ccccc1. The Labute approximate surface area is 179 Å². The lowest BCUT2D eigenvalue weighted by molar-refractivity contribution is -0.0586. The molecular formula is C24H32N4O2. The quantitative estimate of drug-likeness (QED) is 0.610. The largest absolute Gasteiger partial charge is 0.372 e. The van der Waals surface area contributed by atoms with Crippen molar-refractivity contribution in [3.63, 3.8) is 0 Å². The third kappa shape index (κ3) is 5.83. The maximum absolute atomic E-state index is 12.8. The lowest BCUT2D eigenvalue weighted by Crippen LogP contribution is -2.48. The van der Waals surface area contributed by atoms with Gasteiger partial charge in [0, 0.05) is 45.8 Å². The van der Waals surface area contributed by atoms with Gasteiger partial charge in [0.05, 0.1) is 12.2 Å². The van der Waals surface area contributed by atoms with E-state index in [1.54, 1.807) is 7.05 Å². The van der Waals surface area contributed by atoms with Crippen LogP contribution >= 0.6 is 0 Å². The summed E-state index contributed by atoms with van der Waals surface area (Å²) in [4.78, 5) is 21.2. The number of benzene rings is 2. The van der Waals surface area contributed by atoms with Crippen LogP contribution in [0.4, 0.5) is 0 Å².